The fourth-order valence-corrected chi connectivity index (χ4v) is 3.47. The second-order valence-corrected chi connectivity index (χ2v) is 6.56. The maximum absolute atomic E-state index is 12.4. The van der Waals surface area contributed by atoms with Crippen molar-refractivity contribution < 1.29 is 19.0 Å². The first-order chi connectivity index (χ1) is 13.3. The number of hydrogen-bond acceptors (Lipinski definition) is 5. The van der Waals surface area contributed by atoms with E-state index in [1.165, 1.54) is 0 Å². The highest BCUT2D eigenvalue weighted by molar-refractivity contribution is 5.96. The molecule has 1 aliphatic carbocycles. The largest absolute Gasteiger partial charge is 0.495 e. The molecule has 1 amide bonds. The smallest absolute Gasteiger partial charge is 0.253 e. The van der Waals surface area contributed by atoms with Crippen molar-refractivity contribution >= 4 is 17.8 Å². The van der Waals surface area contributed by atoms with E-state index in [1.807, 2.05) is 42.5 Å². The van der Waals surface area contributed by atoms with Crippen molar-refractivity contribution in [1.29, 1.82) is 0 Å². The Hall–Kier alpha value is -2.70. The van der Waals surface area contributed by atoms with Crippen LogP contribution in [0.4, 0.5) is 5.69 Å². The number of nitrogens with zero attached hydrogens (tertiary/aromatic N) is 2. The second kappa shape index (κ2) is 7.90. The average molecular weight is 366 g/mol. The summed E-state index contributed by atoms with van der Waals surface area (Å²) >= 11 is 0. The normalized spacial score (nSPS) is 26.7. The number of anilines is 1. The van der Waals surface area contributed by atoms with E-state index in [9.17, 15) is 4.79 Å². The van der Waals surface area contributed by atoms with Gasteiger partial charge in [-0.05, 0) is 23.8 Å². The van der Waals surface area contributed by atoms with Gasteiger partial charge in [0.05, 0.1) is 32.1 Å². The third-order valence-corrected chi connectivity index (χ3v) is 4.84. The van der Waals surface area contributed by atoms with Gasteiger partial charge in [0.25, 0.3) is 5.91 Å². The number of ether oxygens (including phenoxy) is 3. The van der Waals surface area contributed by atoms with Crippen molar-refractivity contribution in [2.75, 3.05) is 31.8 Å². The summed E-state index contributed by atoms with van der Waals surface area (Å²) in [7, 11) is 1.60. The van der Waals surface area contributed by atoms with Crippen molar-refractivity contribution in [2.24, 2.45) is 4.99 Å². The van der Waals surface area contributed by atoms with E-state index >= 15 is 0 Å². The van der Waals surface area contributed by atoms with Crippen LogP contribution in [-0.4, -0.2) is 57.2 Å². The number of allylic oxidation sites excluding steroid dienone is 3. The lowest BCUT2D eigenvalue weighted by Gasteiger charge is -2.34. The molecule has 140 valence electrons. The summed E-state index contributed by atoms with van der Waals surface area (Å²) in [5, 5.41) is 0. The number of para-hydroxylation sites is 2. The van der Waals surface area contributed by atoms with Crippen molar-refractivity contribution in [1.82, 2.24) is 0 Å². The number of carbonyl (C=O) groups excluding carboxylic acids is 1. The summed E-state index contributed by atoms with van der Waals surface area (Å²) in [6.07, 6.45) is 11.5. The van der Waals surface area contributed by atoms with Crippen molar-refractivity contribution in [2.45, 2.75) is 18.2 Å². The quantitative estimate of drug-likeness (QED) is 0.802. The molecule has 0 N–H and O–H groups in total. The van der Waals surface area contributed by atoms with Crippen molar-refractivity contribution in [3.8, 4) is 5.75 Å². The Kier molecular flexibility index (Phi) is 5.18. The maximum atomic E-state index is 12.4. The fourth-order valence-electron chi connectivity index (χ4n) is 3.47. The molecule has 3 unspecified atom stereocenters. The highest BCUT2D eigenvalue weighted by atomic mass is 16.5. The number of dihydropyridines is 1. The molecule has 6 heteroatoms. The molecule has 0 saturated carbocycles. The van der Waals surface area contributed by atoms with Gasteiger partial charge in [-0.25, -0.2) is 0 Å². The zero-order valence-corrected chi connectivity index (χ0v) is 15.2. The van der Waals surface area contributed by atoms with Crippen LogP contribution in [0.25, 0.3) is 0 Å². The van der Waals surface area contributed by atoms with Crippen LogP contribution in [0.15, 0.2) is 65.2 Å². The predicted molar refractivity (Wildman–Crippen MR) is 103 cm³/mol. The van der Waals surface area contributed by atoms with Gasteiger partial charge in [0.1, 0.15) is 24.5 Å². The first-order valence-corrected chi connectivity index (χ1v) is 9.01. The van der Waals surface area contributed by atoms with Crippen molar-refractivity contribution in [3.05, 3.63) is 60.2 Å². The molecular formula is C21H22N2O4. The van der Waals surface area contributed by atoms with Gasteiger partial charge < -0.3 is 19.1 Å². The molecule has 0 spiro atoms. The Morgan fingerprint density at radius 1 is 1.30 bits per heavy atom. The minimum Gasteiger partial charge on any atom is -0.495 e. The summed E-state index contributed by atoms with van der Waals surface area (Å²) in [6, 6.07) is 7.48. The number of aliphatic imine (C=N–C) groups is 1. The van der Waals surface area contributed by atoms with Crippen LogP contribution in [0.3, 0.4) is 0 Å². The second-order valence-electron chi connectivity index (χ2n) is 6.56. The summed E-state index contributed by atoms with van der Waals surface area (Å²) in [5.41, 5.74) is 1.89. The number of methoxy groups -OCH3 is 1. The Morgan fingerprint density at radius 3 is 3.07 bits per heavy atom. The molecule has 0 radical (unpaired) electrons. The highest BCUT2D eigenvalue weighted by Crippen LogP contribution is 2.30. The van der Waals surface area contributed by atoms with E-state index in [4.69, 9.17) is 14.2 Å². The number of benzene rings is 1. The van der Waals surface area contributed by atoms with Gasteiger partial charge in [0, 0.05) is 6.21 Å². The third-order valence-electron chi connectivity index (χ3n) is 4.84. The highest BCUT2D eigenvalue weighted by Gasteiger charge is 2.31. The molecule has 0 bridgehead atoms. The van der Waals surface area contributed by atoms with Crippen LogP contribution in [0.1, 0.15) is 0 Å². The minimum absolute atomic E-state index is 0.0180. The van der Waals surface area contributed by atoms with Gasteiger partial charge in [0.2, 0.25) is 0 Å². The van der Waals surface area contributed by atoms with Crippen LogP contribution in [0.2, 0.25) is 0 Å². The molecule has 1 aromatic rings. The Morgan fingerprint density at radius 2 is 2.19 bits per heavy atom. The standard InChI is InChI=1S/C21H22N2O4/c1-25-18-9-3-2-8-17(18)23-12-16(26-14-20(23)24)13-27-19-10-4-6-15-7-5-11-22-21(15)19/h2-11,16,19,21H,12-14H2,1H3. The molecule has 3 aliphatic rings. The molecular weight excluding hydrogens is 344 g/mol. The van der Waals surface area contributed by atoms with Gasteiger partial charge in [0.15, 0.2) is 0 Å². The number of morpholine rings is 1. The zero-order chi connectivity index (χ0) is 18.6. The monoisotopic (exact) mass is 366 g/mol. The SMILES string of the molecule is COc1ccccc1N1CC(COC2C=CC=C3C=CC=NC32)OCC1=O. The lowest BCUT2D eigenvalue weighted by atomic mass is 9.95. The van der Waals surface area contributed by atoms with Crippen LogP contribution >= 0.6 is 0 Å². The Bertz CT molecular complexity index is 827. The first kappa shape index (κ1) is 17.7. The molecule has 2 aliphatic heterocycles. The molecule has 1 fully saturated rings. The molecule has 27 heavy (non-hydrogen) atoms. The van der Waals surface area contributed by atoms with Gasteiger partial charge >= 0.3 is 0 Å². The lowest BCUT2D eigenvalue weighted by molar-refractivity contribution is -0.132. The van der Waals surface area contributed by atoms with Gasteiger partial charge in [-0.2, -0.15) is 0 Å². The zero-order valence-electron chi connectivity index (χ0n) is 15.2. The van der Waals surface area contributed by atoms with E-state index in [0.29, 0.717) is 18.9 Å². The van der Waals surface area contributed by atoms with Gasteiger partial charge in [-0.3, -0.25) is 9.79 Å². The van der Waals surface area contributed by atoms with Crippen LogP contribution in [0.5, 0.6) is 5.75 Å². The lowest BCUT2D eigenvalue weighted by Crippen LogP contribution is -2.49. The van der Waals surface area contributed by atoms with Crippen molar-refractivity contribution in [3.63, 3.8) is 0 Å². The number of rotatable bonds is 5. The van der Waals surface area contributed by atoms with E-state index < -0.39 is 0 Å². The average Bonchev–Trinajstić information content (AvgIpc) is 2.73. The van der Waals surface area contributed by atoms with E-state index in [0.717, 1.165) is 11.3 Å². The topological polar surface area (TPSA) is 60.4 Å². The number of amides is 1. The Balaban J connectivity index is 1.41. The van der Waals surface area contributed by atoms with E-state index in [1.54, 1.807) is 18.2 Å². The van der Waals surface area contributed by atoms with Crippen LogP contribution < -0.4 is 9.64 Å². The maximum Gasteiger partial charge on any atom is 0.253 e. The summed E-state index contributed by atoms with van der Waals surface area (Å²) in [4.78, 5) is 18.6. The third kappa shape index (κ3) is 3.72. The summed E-state index contributed by atoms with van der Waals surface area (Å²) < 4.78 is 17.2. The molecule has 6 nitrogen and oxygen atoms in total. The number of hydrogen-bond donors (Lipinski definition) is 0. The van der Waals surface area contributed by atoms with Gasteiger partial charge in [-0.15, -0.1) is 0 Å². The number of fused-ring (bicyclic) bond motifs is 1. The van der Waals surface area contributed by atoms with E-state index in [-0.39, 0.29) is 30.8 Å². The fraction of sp³-hybridized carbons (Fsp3) is 0.333. The van der Waals surface area contributed by atoms with Gasteiger partial charge in [-0.1, -0.05) is 36.4 Å². The number of carbonyl (C=O) groups is 1. The summed E-state index contributed by atoms with van der Waals surface area (Å²) in [6.45, 7) is 0.838. The Labute approximate surface area is 158 Å². The van der Waals surface area contributed by atoms with E-state index in [2.05, 4.69) is 17.1 Å². The molecule has 0 aromatic heterocycles. The summed E-state index contributed by atoms with van der Waals surface area (Å²) in [5.74, 6) is 0.585. The molecule has 1 saturated heterocycles. The molecule has 1 aromatic carbocycles. The van der Waals surface area contributed by atoms with Crippen LogP contribution in [0, 0.1) is 0 Å². The molecule has 2 heterocycles. The molecule has 4 rings (SSSR count). The minimum atomic E-state index is -0.210. The first-order valence-electron chi connectivity index (χ1n) is 9.01. The molecule has 3 atom stereocenters. The predicted octanol–water partition coefficient (Wildman–Crippen LogP) is 2.32. The van der Waals surface area contributed by atoms with Crippen LogP contribution in [-0.2, 0) is 14.3 Å².